The summed E-state index contributed by atoms with van der Waals surface area (Å²) in [4.78, 5) is 0. The normalized spacial score (nSPS) is 21.1. The molecule has 2 rings (SSSR count). The fourth-order valence-corrected chi connectivity index (χ4v) is 2.68. The van der Waals surface area contributed by atoms with Gasteiger partial charge in [0.1, 0.15) is 5.75 Å². The van der Waals surface area contributed by atoms with Crippen molar-refractivity contribution >= 4 is 0 Å². The van der Waals surface area contributed by atoms with Crippen molar-refractivity contribution in [3.05, 3.63) is 29.8 Å². The van der Waals surface area contributed by atoms with E-state index in [1.165, 1.54) is 24.8 Å². The van der Waals surface area contributed by atoms with E-state index in [1.54, 1.807) is 7.11 Å². The molecule has 1 aromatic rings. The molecule has 0 bridgehead atoms. The molecule has 1 aliphatic rings. The molecule has 0 amide bonds. The third kappa shape index (κ3) is 4.22. The third-order valence-electron chi connectivity index (χ3n) is 3.74. The lowest BCUT2D eigenvalue weighted by Crippen LogP contribution is -2.28. The van der Waals surface area contributed by atoms with Gasteiger partial charge in [-0.05, 0) is 49.9 Å². The average molecular weight is 263 g/mol. The molecule has 0 saturated carbocycles. The maximum absolute atomic E-state index is 5.86. The van der Waals surface area contributed by atoms with E-state index in [0.29, 0.717) is 12.1 Å². The molecular weight excluding hydrogens is 238 g/mol. The van der Waals surface area contributed by atoms with Crippen molar-refractivity contribution in [2.75, 3.05) is 20.3 Å². The fourth-order valence-electron chi connectivity index (χ4n) is 2.68. The SMILES string of the molecule is CCNC(CC1CCCCO1)c1ccc(OC)cc1. The minimum absolute atomic E-state index is 0.374. The van der Waals surface area contributed by atoms with Crippen LogP contribution in [-0.2, 0) is 4.74 Å². The minimum atomic E-state index is 0.374. The molecule has 2 atom stereocenters. The van der Waals surface area contributed by atoms with Crippen molar-refractivity contribution in [2.24, 2.45) is 0 Å². The molecule has 106 valence electrons. The number of nitrogens with one attached hydrogen (secondary N) is 1. The van der Waals surface area contributed by atoms with E-state index in [2.05, 4.69) is 24.4 Å². The lowest BCUT2D eigenvalue weighted by atomic mass is 9.96. The molecule has 1 aliphatic heterocycles. The minimum Gasteiger partial charge on any atom is -0.497 e. The highest BCUT2D eigenvalue weighted by Crippen LogP contribution is 2.26. The van der Waals surface area contributed by atoms with Gasteiger partial charge in [0.15, 0.2) is 0 Å². The molecule has 0 spiro atoms. The van der Waals surface area contributed by atoms with E-state index >= 15 is 0 Å². The maximum atomic E-state index is 5.86. The highest BCUT2D eigenvalue weighted by Gasteiger charge is 2.20. The molecule has 0 aromatic heterocycles. The fraction of sp³-hybridized carbons (Fsp3) is 0.625. The molecule has 1 saturated heterocycles. The van der Waals surface area contributed by atoms with Crippen LogP contribution in [0, 0.1) is 0 Å². The Bertz CT molecular complexity index is 358. The maximum Gasteiger partial charge on any atom is 0.118 e. The monoisotopic (exact) mass is 263 g/mol. The summed E-state index contributed by atoms with van der Waals surface area (Å²) in [5, 5.41) is 3.56. The molecule has 19 heavy (non-hydrogen) atoms. The Hall–Kier alpha value is -1.06. The number of methoxy groups -OCH3 is 1. The van der Waals surface area contributed by atoms with Crippen molar-refractivity contribution in [3.63, 3.8) is 0 Å². The van der Waals surface area contributed by atoms with Crippen molar-refractivity contribution in [2.45, 2.75) is 44.8 Å². The van der Waals surface area contributed by atoms with Crippen LogP contribution in [-0.4, -0.2) is 26.4 Å². The zero-order valence-corrected chi connectivity index (χ0v) is 12.0. The van der Waals surface area contributed by atoms with E-state index in [9.17, 15) is 0 Å². The molecule has 1 N–H and O–H groups in total. The summed E-state index contributed by atoms with van der Waals surface area (Å²) >= 11 is 0. The van der Waals surface area contributed by atoms with Crippen molar-refractivity contribution in [1.82, 2.24) is 5.32 Å². The molecule has 3 nitrogen and oxygen atoms in total. The van der Waals surface area contributed by atoms with Crippen LogP contribution in [0.1, 0.15) is 44.2 Å². The third-order valence-corrected chi connectivity index (χ3v) is 3.74. The van der Waals surface area contributed by atoms with Crippen molar-refractivity contribution in [3.8, 4) is 5.75 Å². The average Bonchev–Trinajstić information content (AvgIpc) is 2.48. The zero-order valence-electron chi connectivity index (χ0n) is 12.0. The summed E-state index contributed by atoms with van der Waals surface area (Å²) in [6, 6.07) is 8.73. The molecule has 0 radical (unpaired) electrons. The van der Waals surface area contributed by atoms with Gasteiger partial charge in [0.25, 0.3) is 0 Å². The van der Waals surface area contributed by atoms with Gasteiger partial charge in [-0.1, -0.05) is 19.1 Å². The quantitative estimate of drug-likeness (QED) is 0.854. The van der Waals surface area contributed by atoms with Crippen LogP contribution >= 0.6 is 0 Å². The lowest BCUT2D eigenvalue weighted by Gasteiger charge is -2.27. The van der Waals surface area contributed by atoms with Gasteiger partial charge in [0.2, 0.25) is 0 Å². The van der Waals surface area contributed by atoms with Gasteiger partial charge in [-0.3, -0.25) is 0 Å². The van der Waals surface area contributed by atoms with Crippen LogP contribution in [0.15, 0.2) is 24.3 Å². The van der Waals surface area contributed by atoms with Crippen LogP contribution < -0.4 is 10.1 Å². The van der Waals surface area contributed by atoms with Crippen LogP contribution in [0.5, 0.6) is 5.75 Å². The van der Waals surface area contributed by atoms with E-state index in [1.807, 2.05) is 12.1 Å². The van der Waals surface area contributed by atoms with Gasteiger partial charge in [-0.2, -0.15) is 0 Å². The first-order chi connectivity index (χ1) is 9.33. The molecule has 2 unspecified atom stereocenters. The van der Waals surface area contributed by atoms with E-state index in [0.717, 1.165) is 25.3 Å². The largest absolute Gasteiger partial charge is 0.497 e. The van der Waals surface area contributed by atoms with Gasteiger partial charge >= 0.3 is 0 Å². The summed E-state index contributed by atoms with van der Waals surface area (Å²) in [6.45, 7) is 4.05. The Balaban J connectivity index is 2.00. The number of ether oxygens (including phenoxy) is 2. The zero-order chi connectivity index (χ0) is 13.5. The van der Waals surface area contributed by atoms with Gasteiger partial charge in [0, 0.05) is 12.6 Å². The predicted octanol–water partition coefficient (Wildman–Crippen LogP) is 3.31. The second kappa shape index (κ2) is 7.51. The second-order valence-electron chi connectivity index (χ2n) is 5.11. The summed E-state index contributed by atoms with van der Waals surface area (Å²) in [7, 11) is 1.70. The molecule has 1 aromatic carbocycles. The number of rotatable bonds is 6. The highest BCUT2D eigenvalue weighted by atomic mass is 16.5. The Morgan fingerprint density at radius 3 is 2.68 bits per heavy atom. The number of hydrogen-bond acceptors (Lipinski definition) is 3. The van der Waals surface area contributed by atoms with Gasteiger partial charge < -0.3 is 14.8 Å². The molecule has 1 heterocycles. The lowest BCUT2D eigenvalue weighted by molar-refractivity contribution is 0.00514. The van der Waals surface area contributed by atoms with E-state index < -0.39 is 0 Å². The number of benzene rings is 1. The Labute approximate surface area is 116 Å². The van der Waals surface area contributed by atoms with Gasteiger partial charge in [-0.15, -0.1) is 0 Å². The standard InChI is InChI=1S/C16H25NO2/c1-3-17-16(12-15-6-4-5-11-19-15)13-7-9-14(18-2)10-8-13/h7-10,15-17H,3-6,11-12H2,1-2H3. The van der Waals surface area contributed by atoms with Crippen LogP contribution in [0.2, 0.25) is 0 Å². The highest BCUT2D eigenvalue weighted by molar-refractivity contribution is 5.29. The van der Waals surface area contributed by atoms with Gasteiger partial charge in [-0.25, -0.2) is 0 Å². The predicted molar refractivity (Wildman–Crippen MR) is 77.6 cm³/mol. The van der Waals surface area contributed by atoms with Gasteiger partial charge in [0.05, 0.1) is 13.2 Å². The van der Waals surface area contributed by atoms with E-state index in [-0.39, 0.29) is 0 Å². The van der Waals surface area contributed by atoms with Crippen LogP contribution in [0.3, 0.4) is 0 Å². The summed E-state index contributed by atoms with van der Waals surface area (Å²) in [5.74, 6) is 0.910. The molecule has 1 fully saturated rings. The summed E-state index contributed by atoms with van der Waals surface area (Å²) < 4.78 is 11.1. The van der Waals surface area contributed by atoms with E-state index in [4.69, 9.17) is 9.47 Å². The van der Waals surface area contributed by atoms with Crippen molar-refractivity contribution < 1.29 is 9.47 Å². The summed E-state index contributed by atoms with van der Waals surface area (Å²) in [5.41, 5.74) is 1.32. The smallest absolute Gasteiger partial charge is 0.118 e. The van der Waals surface area contributed by atoms with Crippen LogP contribution in [0.4, 0.5) is 0 Å². The topological polar surface area (TPSA) is 30.5 Å². The van der Waals surface area contributed by atoms with Crippen molar-refractivity contribution in [1.29, 1.82) is 0 Å². The first-order valence-corrected chi connectivity index (χ1v) is 7.32. The molecule has 0 aliphatic carbocycles. The Morgan fingerprint density at radius 2 is 2.11 bits per heavy atom. The second-order valence-corrected chi connectivity index (χ2v) is 5.11. The molecular formula is C16H25NO2. The summed E-state index contributed by atoms with van der Waals surface area (Å²) in [6.07, 6.45) is 5.16. The Morgan fingerprint density at radius 1 is 1.32 bits per heavy atom. The first kappa shape index (κ1) is 14.4. The molecule has 3 heteroatoms. The first-order valence-electron chi connectivity index (χ1n) is 7.32. The number of hydrogen-bond donors (Lipinski definition) is 1. The Kier molecular flexibility index (Phi) is 5.67. The van der Waals surface area contributed by atoms with Crippen LogP contribution in [0.25, 0.3) is 0 Å².